The van der Waals surface area contributed by atoms with E-state index < -0.39 is 59.6 Å². The van der Waals surface area contributed by atoms with Gasteiger partial charge < -0.3 is 19.8 Å². The molecule has 2 atom stereocenters. The van der Waals surface area contributed by atoms with E-state index in [1.165, 1.54) is 0 Å². The Morgan fingerprint density at radius 1 is 0.577 bits per heavy atom. The van der Waals surface area contributed by atoms with Gasteiger partial charge >= 0.3 is 12.4 Å². The van der Waals surface area contributed by atoms with Crippen LogP contribution in [-0.4, -0.2) is 48.5 Å². The summed E-state index contributed by atoms with van der Waals surface area (Å²) in [4.78, 5) is 21.1. The Kier molecular flexibility index (Phi) is 6.29. The molecular formula is C10H2F12O4-2. The lowest BCUT2D eigenvalue weighted by Gasteiger charge is -2.37. The molecule has 0 saturated heterocycles. The lowest BCUT2D eigenvalue weighted by Crippen LogP contribution is -2.60. The number of halogens is 12. The molecule has 0 heterocycles. The first-order valence-electron chi connectivity index (χ1n) is 5.53. The van der Waals surface area contributed by atoms with Crippen LogP contribution >= 0.6 is 0 Å². The summed E-state index contributed by atoms with van der Waals surface area (Å²) in [5, 5.41) is 21.1. The third kappa shape index (κ3) is 3.53. The first-order valence-corrected chi connectivity index (χ1v) is 5.53. The number of carboxylic acid groups (broad SMARTS) is 2. The molecule has 4 nitrogen and oxygen atoms in total. The fraction of sp³-hybridized carbons (Fsp3) is 0.600. The van der Waals surface area contributed by atoms with Gasteiger partial charge in [0.15, 0.2) is 0 Å². The van der Waals surface area contributed by atoms with Crippen LogP contribution in [0, 0.1) is 0 Å². The number of carbonyl (C=O) groups is 2. The van der Waals surface area contributed by atoms with Gasteiger partial charge in [0.05, 0.1) is 11.9 Å². The minimum atomic E-state index is -7.19. The summed E-state index contributed by atoms with van der Waals surface area (Å²) >= 11 is 0. The summed E-state index contributed by atoms with van der Waals surface area (Å²) in [7, 11) is 0. The number of carboxylic acids is 2. The van der Waals surface area contributed by atoms with Crippen molar-refractivity contribution in [1.82, 2.24) is 0 Å². The predicted molar refractivity (Wildman–Crippen MR) is 48.8 cm³/mol. The first kappa shape index (κ1) is 23.8. The van der Waals surface area contributed by atoms with E-state index in [4.69, 9.17) is 0 Å². The summed E-state index contributed by atoms with van der Waals surface area (Å²) in [5.41, 5.74) is -22.1. The quantitative estimate of drug-likeness (QED) is 0.477. The van der Waals surface area contributed by atoms with Gasteiger partial charge in [-0.2, -0.15) is 26.3 Å². The molecule has 0 aliphatic rings. The van der Waals surface area contributed by atoms with Crippen LogP contribution in [-0.2, 0) is 9.59 Å². The molecule has 0 aliphatic carbocycles. The molecule has 0 saturated carbocycles. The van der Waals surface area contributed by atoms with Crippen molar-refractivity contribution in [2.24, 2.45) is 0 Å². The van der Waals surface area contributed by atoms with Crippen LogP contribution in [0.5, 0.6) is 0 Å². The van der Waals surface area contributed by atoms with E-state index in [0.29, 0.717) is 0 Å². The largest absolute Gasteiger partial charge is 0.545 e. The number of alkyl halides is 12. The number of carbonyl (C=O) groups excluding carboxylic acids is 2. The van der Waals surface area contributed by atoms with Crippen molar-refractivity contribution in [3.63, 3.8) is 0 Å². The highest BCUT2D eigenvalue weighted by atomic mass is 19.4. The molecule has 0 radical (unpaired) electrons. The van der Waals surface area contributed by atoms with Gasteiger partial charge in [0, 0.05) is 11.1 Å². The highest BCUT2D eigenvalue weighted by Gasteiger charge is 2.71. The molecule has 0 bridgehead atoms. The monoisotopic (exact) mass is 414 g/mol. The minimum Gasteiger partial charge on any atom is -0.545 e. The molecule has 152 valence electrons. The van der Waals surface area contributed by atoms with Crippen molar-refractivity contribution >= 4 is 11.9 Å². The van der Waals surface area contributed by atoms with Crippen LogP contribution in [0.15, 0.2) is 11.1 Å². The van der Waals surface area contributed by atoms with Gasteiger partial charge in [0.1, 0.15) is 0 Å². The molecule has 0 aromatic carbocycles. The fourth-order valence-electron chi connectivity index (χ4n) is 1.61. The molecule has 0 aromatic heterocycles. The molecule has 0 amide bonds. The maximum atomic E-state index is 13.7. The Morgan fingerprint density at radius 3 is 0.846 bits per heavy atom. The van der Waals surface area contributed by atoms with Crippen molar-refractivity contribution < 1.29 is 72.5 Å². The van der Waals surface area contributed by atoms with Crippen LogP contribution < -0.4 is 10.2 Å². The third-order valence-corrected chi connectivity index (χ3v) is 2.81. The predicted octanol–water partition coefficient (Wildman–Crippen LogP) is 0.854. The van der Waals surface area contributed by atoms with E-state index in [2.05, 4.69) is 0 Å². The zero-order chi connectivity index (χ0) is 21.5. The summed E-state index contributed by atoms with van der Waals surface area (Å²) in [6, 6.07) is 0. The maximum Gasteiger partial charge on any atom is 0.432 e. The fourth-order valence-corrected chi connectivity index (χ4v) is 1.61. The third-order valence-electron chi connectivity index (χ3n) is 2.81. The normalized spacial score (nSPS) is 19.0. The van der Waals surface area contributed by atoms with E-state index in [9.17, 15) is 72.5 Å². The van der Waals surface area contributed by atoms with Crippen molar-refractivity contribution in [3.8, 4) is 0 Å². The second-order valence-electron chi connectivity index (χ2n) is 4.35. The Hall–Kier alpha value is -2.16. The van der Waals surface area contributed by atoms with Gasteiger partial charge in [-0.1, -0.05) is 0 Å². The minimum absolute atomic E-state index is 4.07. The van der Waals surface area contributed by atoms with Crippen molar-refractivity contribution in [1.29, 1.82) is 0 Å². The zero-order valence-corrected chi connectivity index (χ0v) is 11.3. The Labute approximate surface area is 133 Å². The number of rotatable bonds is 6. The Balaban J connectivity index is 7.58. The molecule has 26 heavy (non-hydrogen) atoms. The van der Waals surface area contributed by atoms with Crippen molar-refractivity contribution in [2.45, 2.75) is 36.5 Å². The molecule has 0 aliphatic heterocycles. The average Bonchev–Trinajstić information content (AvgIpc) is 2.38. The zero-order valence-electron chi connectivity index (χ0n) is 11.3. The highest BCUT2D eigenvalue weighted by Crippen LogP contribution is 2.51. The lowest BCUT2D eigenvalue weighted by atomic mass is 9.82. The van der Waals surface area contributed by atoms with Crippen LogP contribution in [0.1, 0.15) is 0 Å². The molecular weight excluding hydrogens is 412 g/mol. The van der Waals surface area contributed by atoms with Gasteiger partial charge in [0.2, 0.25) is 0 Å². The first-order chi connectivity index (χ1) is 11.3. The topological polar surface area (TPSA) is 80.3 Å². The molecule has 0 fully saturated rings. The molecule has 16 heteroatoms. The number of aliphatic carboxylic acids is 2. The van der Waals surface area contributed by atoms with Crippen molar-refractivity contribution in [2.75, 3.05) is 0 Å². The number of hydrogen-bond donors (Lipinski definition) is 0. The number of hydrogen-bond acceptors (Lipinski definition) is 4. The molecule has 0 N–H and O–H groups in total. The van der Waals surface area contributed by atoms with Crippen LogP contribution in [0.3, 0.4) is 0 Å². The van der Waals surface area contributed by atoms with Gasteiger partial charge in [-0.25, -0.2) is 26.3 Å². The Morgan fingerprint density at radius 2 is 0.769 bits per heavy atom. The summed E-state index contributed by atoms with van der Waals surface area (Å²) in [5.74, 6) is -8.15. The van der Waals surface area contributed by atoms with Crippen molar-refractivity contribution in [3.05, 3.63) is 11.1 Å². The smallest absolute Gasteiger partial charge is 0.432 e. The lowest BCUT2D eigenvalue weighted by molar-refractivity contribution is -0.318. The second-order valence-corrected chi connectivity index (χ2v) is 4.35. The standard InChI is InChI=1S/C10H4F12O4/c11-5(12)7(15,9(17,18)19)1(3(23)24)2(4(25)26)8(16,6(13)14)10(20,21)22/h5-6H,(H,23,24)(H,25,26)/p-2/b2-1-. The summed E-state index contributed by atoms with van der Waals surface area (Å²) < 4.78 is 152. The van der Waals surface area contributed by atoms with Gasteiger partial charge in [0.25, 0.3) is 24.2 Å². The van der Waals surface area contributed by atoms with Crippen LogP contribution in [0.25, 0.3) is 0 Å². The van der Waals surface area contributed by atoms with Gasteiger partial charge in [-0.15, -0.1) is 0 Å². The van der Waals surface area contributed by atoms with E-state index >= 15 is 0 Å². The van der Waals surface area contributed by atoms with Gasteiger partial charge in [-0.3, -0.25) is 0 Å². The highest BCUT2D eigenvalue weighted by molar-refractivity contribution is 6.00. The van der Waals surface area contributed by atoms with Crippen LogP contribution in [0.2, 0.25) is 0 Å². The molecule has 2 unspecified atom stereocenters. The SMILES string of the molecule is O=C([O-])/C(=C(\C(=O)[O-])C(F)(C(F)F)C(F)(F)F)C(F)(C(F)F)C(F)(F)F. The van der Waals surface area contributed by atoms with Crippen LogP contribution in [0.4, 0.5) is 52.7 Å². The van der Waals surface area contributed by atoms with Gasteiger partial charge in [-0.05, 0) is 0 Å². The van der Waals surface area contributed by atoms with E-state index in [-0.39, 0.29) is 0 Å². The second kappa shape index (κ2) is 6.86. The van der Waals surface area contributed by atoms with E-state index in [1.54, 1.807) is 0 Å². The molecule has 0 spiro atoms. The van der Waals surface area contributed by atoms with E-state index in [0.717, 1.165) is 0 Å². The van der Waals surface area contributed by atoms with E-state index in [1.807, 2.05) is 0 Å². The summed E-state index contributed by atoms with van der Waals surface area (Å²) in [6.45, 7) is 0. The maximum absolute atomic E-state index is 13.7. The Bertz CT molecular complexity index is 554. The summed E-state index contributed by atoms with van der Waals surface area (Å²) in [6.07, 6.45) is -25.7. The molecule has 0 aromatic rings. The molecule has 0 rings (SSSR count). The average molecular weight is 414 g/mol.